The van der Waals surface area contributed by atoms with E-state index in [1.54, 1.807) is 6.07 Å². The minimum Gasteiger partial charge on any atom is -0.395 e. The van der Waals surface area contributed by atoms with Gasteiger partial charge in [0.1, 0.15) is 0 Å². The van der Waals surface area contributed by atoms with Crippen LogP contribution in [0.1, 0.15) is 11.3 Å². The number of aliphatic hydroxyl groups is 1. The second-order valence-electron chi connectivity index (χ2n) is 5.62. The molecule has 3 aromatic rings. The molecule has 2 aromatic carbocycles. The number of para-hydroxylation sites is 1. The molecule has 2 N–H and O–H groups in total. The van der Waals surface area contributed by atoms with Gasteiger partial charge in [-0.1, -0.05) is 42.5 Å². The topological polar surface area (TPSA) is 56.3 Å². The van der Waals surface area contributed by atoms with E-state index in [1.807, 2.05) is 42.5 Å². The molecule has 1 heterocycles. The molecule has 0 atom stereocenters. The van der Waals surface area contributed by atoms with Crippen LogP contribution in [0.2, 0.25) is 0 Å². The van der Waals surface area contributed by atoms with Crippen molar-refractivity contribution in [3.05, 3.63) is 82.1 Å². The first-order valence-corrected chi connectivity index (χ1v) is 7.74. The molecule has 0 bridgehead atoms. The Hall–Kier alpha value is -2.43. The molecule has 0 saturated heterocycles. The zero-order chi connectivity index (χ0) is 16.1. The number of rotatable bonds is 6. The van der Waals surface area contributed by atoms with E-state index in [0.29, 0.717) is 18.5 Å². The average Bonchev–Trinajstić information content (AvgIpc) is 2.56. The summed E-state index contributed by atoms with van der Waals surface area (Å²) in [7, 11) is 0. The molecule has 118 valence electrons. The van der Waals surface area contributed by atoms with Crippen LogP contribution in [0, 0.1) is 0 Å². The molecule has 0 fully saturated rings. The normalized spacial score (nSPS) is 11.2. The zero-order valence-corrected chi connectivity index (χ0v) is 12.9. The van der Waals surface area contributed by atoms with E-state index in [0.717, 1.165) is 17.8 Å². The summed E-state index contributed by atoms with van der Waals surface area (Å²) >= 11 is 0. The molecule has 0 aliphatic carbocycles. The Labute approximate surface area is 135 Å². The van der Waals surface area contributed by atoms with Crippen molar-refractivity contribution in [3.63, 3.8) is 0 Å². The summed E-state index contributed by atoms with van der Waals surface area (Å²) in [5, 5.41) is 10.0. The van der Waals surface area contributed by atoms with Gasteiger partial charge in [-0.3, -0.25) is 9.69 Å². The van der Waals surface area contributed by atoms with Gasteiger partial charge in [0, 0.05) is 42.3 Å². The average molecular weight is 308 g/mol. The summed E-state index contributed by atoms with van der Waals surface area (Å²) in [6.07, 6.45) is 0. The molecule has 4 heteroatoms. The lowest BCUT2D eigenvalue weighted by Gasteiger charge is -2.21. The molecule has 4 nitrogen and oxygen atoms in total. The Morgan fingerprint density at radius 3 is 2.48 bits per heavy atom. The molecule has 0 unspecified atom stereocenters. The third kappa shape index (κ3) is 3.86. The Balaban J connectivity index is 1.84. The number of fused-ring (bicyclic) bond motifs is 1. The van der Waals surface area contributed by atoms with E-state index in [1.165, 1.54) is 5.56 Å². The van der Waals surface area contributed by atoms with Crippen molar-refractivity contribution in [2.45, 2.75) is 13.1 Å². The third-order valence-corrected chi connectivity index (χ3v) is 3.85. The van der Waals surface area contributed by atoms with Crippen LogP contribution in [0.25, 0.3) is 10.9 Å². The number of hydrogen-bond donors (Lipinski definition) is 2. The van der Waals surface area contributed by atoms with Crippen LogP contribution in [0.4, 0.5) is 0 Å². The molecule has 0 radical (unpaired) electrons. The summed E-state index contributed by atoms with van der Waals surface area (Å²) in [5.74, 6) is 0. The number of benzene rings is 2. The van der Waals surface area contributed by atoms with Crippen molar-refractivity contribution in [1.29, 1.82) is 0 Å². The van der Waals surface area contributed by atoms with Crippen LogP contribution in [0.5, 0.6) is 0 Å². The van der Waals surface area contributed by atoms with Crippen LogP contribution in [0.3, 0.4) is 0 Å². The fraction of sp³-hybridized carbons (Fsp3) is 0.211. The number of nitrogens with one attached hydrogen (secondary N) is 1. The Bertz CT molecular complexity index is 827. The number of nitrogens with zero attached hydrogens (tertiary/aromatic N) is 1. The van der Waals surface area contributed by atoms with Crippen LogP contribution >= 0.6 is 0 Å². The van der Waals surface area contributed by atoms with Gasteiger partial charge >= 0.3 is 0 Å². The number of aromatic amines is 1. The second kappa shape index (κ2) is 7.22. The van der Waals surface area contributed by atoms with Gasteiger partial charge in [0.2, 0.25) is 0 Å². The molecule has 0 amide bonds. The summed E-state index contributed by atoms with van der Waals surface area (Å²) < 4.78 is 0. The van der Waals surface area contributed by atoms with E-state index in [-0.39, 0.29) is 12.0 Å². The third-order valence-electron chi connectivity index (χ3n) is 3.85. The maximum absolute atomic E-state index is 12.2. The van der Waals surface area contributed by atoms with Crippen molar-refractivity contribution >= 4 is 10.9 Å². The number of aliphatic hydroxyl groups excluding tert-OH is 1. The second-order valence-corrected chi connectivity index (χ2v) is 5.62. The first-order chi connectivity index (χ1) is 11.3. The van der Waals surface area contributed by atoms with Crippen LogP contribution < -0.4 is 5.43 Å². The minimum atomic E-state index is 0.0259. The number of aromatic nitrogens is 1. The zero-order valence-electron chi connectivity index (χ0n) is 12.9. The fourth-order valence-electron chi connectivity index (χ4n) is 2.78. The highest BCUT2D eigenvalue weighted by Crippen LogP contribution is 2.11. The van der Waals surface area contributed by atoms with Gasteiger partial charge in [0.05, 0.1) is 6.61 Å². The molecule has 1 aromatic heterocycles. The molecular weight excluding hydrogens is 288 g/mol. The van der Waals surface area contributed by atoms with E-state index in [4.69, 9.17) is 0 Å². The molecule has 0 aliphatic rings. The lowest BCUT2D eigenvalue weighted by Crippen LogP contribution is -2.27. The SMILES string of the molecule is O=c1cc(CN(CCO)Cc2ccccc2)[nH]c2ccccc12. The standard InChI is InChI=1S/C19H20N2O2/c22-11-10-21(13-15-6-2-1-3-7-15)14-16-12-19(23)17-8-4-5-9-18(17)20-16/h1-9,12,22H,10-11,13-14H2,(H,20,23). The van der Waals surface area contributed by atoms with Gasteiger partial charge in [0.25, 0.3) is 0 Å². The van der Waals surface area contributed by atoms with Gasteiger partial charge in [-0.25, -0.2) is 0 Å². The van der Waals surface area contributed by atoms with Crippen molar-refractivity contribution < 1.29 is 5.11 Å². The molecule has 0 aliphatic heterocycles. The van der Waals surface area contributed by atoms with Crippen molar-refractivity contribution in [2.75, 3.05) is 13.2 Å². The highest BCUT2D eigenvalue weighted by atomic mass is 16.3. The van der Waals surface area contributed by atoms with E-state index < -0.39 is 0 Å². The van der Waals surface area contributed by atoms with E-state index in [2.05, 4.69) is 22.0 Å². The first kappa shape index (κ1) is 15.5. The molecule has 3 rings (SSSR count). The van der Waals surface area contributed by atoms with Gasteiger partial charge in [-0.15, -0.1) is 0 Å². The highest BCUT2D eigenvalue weighted by Gasteiger charge is 2.09. The first-order valence-electron chi connectivity index (χ1n) is 7.74. The molecular formula is C19H20N2O2. The Morgan fingerprint density at radius 1 is 0.957 bits per heavy atom. The number of pyridine rings is 1. The smallest absolute Gasteiger partial charge is 0.189 e. The van der Waals surface area contributed by atoms with Gasteiger partial charge in [0.15, 0.2) is 5.43 Å². The van der Waals surface area contributed by atoms with E-state index >= 15 is 0 Å². The van der Waals surface area contributed by atoms with E-state index in [9.17, 15) is 9.90 Å². The van der Waals surface area contributed by atoms with Gasteiger partial charge in [-0.2, -0.15) is 0 Å². The summed E-state index contributed by atoms with van der Waals surface area (Å²) in [5.41, 5.74) is 2.92. The minimum absolute atomic E-state index is 0.0259. The monoisotopic (exact) mass is 308 g/mol. The van der Waals surface area contributed by atoms with Crippen LogP contribution in [0.15, 0.2) is 65.5 Å². The van der Waals surface area contributed by atoms with Crippen molar-refractivity contribution in [1.82, 2.24) is 9.88 Å². The van der Waals surface area contributed by atoms with Gasteiger partial charge < -0.3 is 10.1 Å². The number of H-pyrrole nitrogens is 1. The van der Waals surface area contributed by atoms with Gasteiger partial charge in [-0.05, 0) is 17.7 Å². The van der Waals surface area contributed by atoms with Crippen LogP contribution in [-0.2, 0) is 13.1 Å². The maximum Gasteiger partial charge on any atom is 0.189 e. The summed E-state index contributed by atoms with van der Waals surface area (Å²) in [6, 6.07) is 19.3. The predicted molar refractivity (Wildman–Crippen MR) is 92.2 cm³/mol. The molecule has 0 spiro atoms. The summed E-state index contributed by atoms with van der Waals surface area (Å²) in [6.45, 7) is 1.97. The van der Waals surface area contributed by atoms with Crippen molar-refractivity contribution in [2.24, 2.45) is 0 Å². The van der Waals surface area contributed by atoms with Crippen molar-refractivity contribution in [3.8, 4) is 0 Å². The maximum atomic E-state index is 12.2. The summed E-state index contributed by atoms with van der Waals surface area (Å²) in [4.78, 5) is 17.6. The number of hydrogen-bond acceptors (Lipinski definition) is 3. The Kier molecular flexibility index (Phi) is 4.86. The lowest BCUT2D eigenvalue weighted by molar-refractivity contribution is 0.183. The van der Waals surface area contributed by atoms with Crippen LogP contribution in [-0.4, -0.2) is 28.1 Å². The fourth-order valence-corrected chi connectivity index (χ4v) is 2.78. The largest absolute Gasteiger partial charge is 0.395 e. The highest BCUT2D eigenvalue weighted by molar-refractivity contribution is 5.78. The quantitative estimate of drug-likeness (QED) is 0.736. The molecule has 0 saturated carbocycles. The predicted octanol–water partition coefficient (Wildman–Crippen LogP) is 2.52. The lowest BCUT2D eigenvalue weighted by atomic mass is 10.1. The Morgan fingerprint density at radius 2 is 1.70 bits per heavy atom. The molecule has 23 heavy (non-hydrogen) atoms.